The zero-order valence-corrected chi connectivity index (χ0v) is 13.4. The van der Waals surface area contributed by atoms with Crippen LogP contribution in [0.3, 0.4) is 0 Å². The molecular weight excluding hydrogens is 300 g/mol. The Balaban J connectivity index is 1.61. The van der Waals surface area contributed by atoms with Crippen molar-refractivity contribution in [3.63, 3.8) is 0 Å². The lowest BCUT2D eigenvalue weighted by atomic mass is 10.1. The number of carbonyl (C=O) groups excluding carboxylic acids is 1. The second-order valence-corrected chi connectivity index (χ2v) is 5.33. The van der Waals surface area contributed by atoms with Crippen molar-refractivity contribution >= 4 is 5.78 Å². The van der Waals surface area contributed by atoms with E-state index in [-0.39, 0.29) is 12.4 Å². The first-order valence-corrected chi connectivity index (χ1v) is 7.72. The van der Waals surface area contributed by atoms with Crippen molar-refractivity contribution in [2.45, 2.75) is 0 Å². The molecular formula is C21H18O3. The molecule has 0 saturated carbocycles. The third-order valence-electron chi connectivity index (χ3n) is 3.74. The zero-order valence-electron chi connectivity index (χ0n) is 13.4. The standard InChI is InChI=1S/C21H18O3/c1-23-19-11-9-18(10-12-19)21(22)15-24-20-13-7-17(8-14-20)16-5-3-2-4-6-16/h2-14H,15H2,1H3. The summed E-state index contributed by atoms with van der Waals surface area (Å²) in [4.78, 5) is 12.1. The number of benzene rings is 3. The Morgan fingerprint density at radius 1 is 0.750 bits per heavy atom. The topological polar surface area (TPSA) is 35.5 Å². The van der Waals surface area contributed by atoms with Gasteiger partial charge in [0.1, 0.15) is 11.5 Å². The molecule has 3 rings (SSSR count). The Morgan fingerprint density at radius 3 is 1.96 bits per heavy atom. The number of ketones is 1. The summed E-state index contributed by atoms with van der Waals surface area (Å²) in [5.74, 6) is 1.34. The highest BCUT2D eigenvalue weighted by molar-refractivity contribution is 5.97. The Labute approximate surface area is 141 Å². The summed E-state index contributed by atoms with van der Waals surface area (Å²) in [5, 5.41) is 0. The molecule has 0 amide bonds. The number of carbonyl (C=O) groups is 1. The highest BCUT2D eigenvalue weighted by Gasteiger charge is 2.07. The summed E-state index contributed by atoms with van der Waals surface area (Å²) < 4.78 is 10.7. The van der Waals surface area contributed by atoms with E-state index in [0.29, 0.717) is 11.3 Å². The molecule has 0 heterocycles. The van der Waals surface area contributed by atoms with Crippen LogP contribution in [0, 0.1) is 0 Å². The number of hydrogen-bond donors (Lipinski definition) is 0. The van der Waals surface area contributed by atoms with Crippen LogP contribution < -0.4 is 9.47 Å². The monoisotopic (exact) mass is 318 g/mol. The first kappa shape index (κ1) is 15.8. The number of rotatable bonds is 6. The molecule has 3 heteroatoms. The smallest absolute Gasteiger partial charge is 0.200 e. The maximum atomic E-state index is 12.1. The molecule has 0 saturated heterocycles. The number of methoxy groups -OCH3 is 1. The SMILES string of the molecule is COc1ccc(C(=O)COc2ccc(-c3ccccc3)cc2)cc1. The molecule has 0 fully saturated rings. The first-order chi connectivity index (χ1) is 11.8. The Kier molecular flexibility index (Phi) is 4.92. The summed E-state index contributed by atoms with van der Waals surface area (Å²) in [6, 6.07) is 24.9. The van der Waals surface area contributed by atoms with Crippen LogP contribution in [-0.2, 0) is 0 Å². The molecule has 0 N–H and O–H groups in total. The van der Waals surface area contributed by atoms with Crippen LogP contribution in [0.4, 0.5) is 0 Å². The number of hydrogen-bond acceptors (Lipinski definition) is 3. The van der Waals surface area contributed by atoms with Gasteiger partial charge in [0.2, 0.25) is 0 Å². The molecule has 24 heavy (non-hydrogen) atoms. The summed E-state index contributed by atoms with van der Waals surface area (Å²) in [5.41, 5.74) is 2.87. The fourth-order valence-electron chi connectivity index (χ4n) is 2.38. The van der Waals surface area contributed by atoms with Crippen LogP contribution in [0.15, 0.2) is 78.9 Å². The van der Waals surface area contributed by atoms with Crippen molar-refractivity contribution in [2.24, 2.45) is 0 Å². The maximum Gasteiger partial charge on any atom is 0.200 e. The van der Waals surface area contributed by atoms with Gasteiger partial charge in [-0.15, -0.1) is 0 Å². The largest absolute Gasteiger partial charge is 0.497 e. The van der Waals surface area contributed by atoms with Gasteiger partial charge in [0.05, 0.1) is 7.11 Å². The fraction of sp³-hybridized carbons (Fsp3) is 0.0952. The van der Waals surface area contributed by atoms with Gasteiger partial charge in [-0.3, -0.25) is 4.79 Å². The van der Waals surface area contributed by atoms with Gasteiger partial charge >= 0.3 is 0 Å². The van der Waals surface area contributed by atoms with Crippen LogP contribution in [0.5, 0.6) is 11.5 Å². The molecule has 0 atom stereocenters. The third-order valence-corrected chi connectivity index (χ3v) is 3.74. The molecule has 0 aliphatic heterocycles. The lowest BCUT2D eigenvalue weighted by Crippen LogP contribution is -2.11. The Morgan fingerprint density at radius 2 is 1.33 bits per heavy atom. The van der Waals surface area contributed by atoms with E-state index in [1.807, 2.05) is 42.5 Å². The van der Waals surface area contributed by atoms with Crippen LogP contribution in [-0.4, -0.2) is 19.5 Å². The van der Waals surface area contributed by atoms with Gasteiger partial charge in [0.15, 0.2) is 12.4 Å². The summed E-state index contributed by atoms with van der Waals surface area (Å²) >= 11 is 0. The van der Waals surface area contributed by atoms with Gasteiger partial charge in [-0.25, -0.2) is 0 Å². The quantitative estimate of drug-likeness (QED) is 0.622. The van der Waals surface area contributed by atoms with Crippen molar-refractivity contribution in [1.29, 1.82) is 0 Å². The van der Waals surface area contributed by atoms with Gasteiger partial charge in [0.25, 0.3) is 0 Å². The van der Waals surface area contributed by atoms with E-state index in [4.69, 9.17) is 9.47 Å². The van der Waals surface area contributed by atoms with Gasteiger partial charge in [0, 0.05) is 5.56 Å². The fourth-order valence-corrected chi connectivity index (χ4v) is 2.38. The van der Waals surface area contributed by atoms with Crippen LogP contribution in [0.1, 0.15) is 10.4 Å². The average Bonchev–Trinajstić information content (AvgIpc) is 2.67. The van der Waals surface area contributed by atoms with Crippen molar-refractivity contribution in [3.05, 3.63) is 84.4 Å². The number of Topliss-reactive ketones (excluding diaryl/α,β-unsaturated/α-hetero) is 1. The van der Waals surface area contributed by atoms with Gasteiger partial charge < -0.3 is 9.47 Å². The van der Waals surface area contributed by atoms with Crippen molar-refractivity contribution < 1.29 is 14.3 Å². The first-order valence-electron chi connectivity index (χ1n) is 7.72. The van der Waals surface area contributed by atoms with Crippen molar-refractivity contribution in [3.8, 4) is 22.6 Å². The van der Waals surface area contributed by atoms with Gasteiger partial charge in [-0.2, -0.15) is 0 Å². The Bertz CT molecular complexity index is 791. The van der Waals surface area contributed by atoms with Gasteiger partial charge in [-0.05, 0) is 47.5 Å². The van der Waals surface area contributed by atoms with E-state index in [2.05, 4.69) is 12.1 Å². The minimum Gasteiger partial charge on any atom is -0.497 e. The molecule has 0 aliphatic rings. The van der Waals surface area contributed by atoms with E-state index < -0.39 is 0 Å². The Hall–Kier alpha value is -3.07. The molecule has 120 valence electrons. The number of ether oxygens (including phenoxy) is 2. The summed E-state index contributed by atoms with van der Waals surface area (Å²) in [6.07, 6.45) is 0. The van der Waals surface area contributed by atoms with E-state index in [1.54, 1.807) is 31.4 Å². The molecule has 3 nitrogen and oxygen atoms in total. The molecule has 0 bridgehead atoms. The van der Waals surface area contributed by atoms with Crippen LogP contribution >= 0.6 is 0 Å². The van der Waals surface area contributed by atoms with Crippen molar-refractivity contribution in [1.82, 2.24) is 0 Å². The minimum atomic E-state index is -0.0650. The van der Waals surface area contributed by atoms with Crippen LogP contribution in [0.2, 0.25) is 0 Å². The lowest BCUT2D eigenvalue weighted by Gasteiger charge is -2.07. The summed E-state index contributed by atoms with van der Waals surface area (Å²) in [7, 11) is 1.60. The van der Waals surface area contributed by atoms with Crippen LogP contribution in [0.25, 0.3) is 11.1 Å². The molecule has 0 unspecified atom stereocenters. The van der Waals surface area contributed by atoms with E-state index in [1.165, 1.54) is 0 Å². The molecule has 0 aliphatic carbocycles. The normalized spacial score (nSPS) is 10.2. The molecule has 3 aromatic carbocycles. The molecule has 0 spiro atoms. The van der Waals surface area contributed by atoms with E-state index in [0.717, 1.165) is 16.9 Å². The van der Waals surface area contributed by atoms with Gasteiger partial charge in [-0.1, -0.05) is 42.5 Å². The predicted molar refractivity (Wildman–Crippen MR) is 94.7 cm³/mol. The minimum absolute atomic E-state index is 0.0109. The van der Waals surface area contributed by atoms with E-state index >= 15 is 0 Å². The zero-order chi connectivity index (χ0) is 16.8. The highest BCUT2D eigenvalue weighted by atomic mass is 16.5. The second-order valence-electron chi connectivity index (χ2n) is 5.33. The van der Waals surface area contributed by atoms with Crippen molar-refractivity contribution in [2.75, 3.05) is 13.7 Å². The second kappa shape index (κ2) is 7.47. The third kappa shape index (κ3) is 3.82. The summed E-state index contributed by atoms with van der Waals surface area (Å²) in [6.45, 7) is 0.0109. The molecule has 3 aromatic rings. The maximum absolute atomic E-state index is 12.1. The average molecular weight is 318 g/mol. The predicted octanol–water partition coefficient (Wildman–Crippen LogP) is 4.62. The molecule has 0 radical (unpaired) electrons. The molecule has 0 aromatic heterocycles. The van der Waals surface area contributed by atoms with E-state index in [9.17, 15) is 4.79 Å². The highest BCUT2D eigenvalue weighted by Crippen LogP contribution is 2.22. The lowest BCUT2D eigenvalue weighted by molar-refractivity contribution is 0.0921.